The molecule has 1 nitrogen and oxygen atoms in total. The molecular weight excluding hydrogens is 146 g/mol. The predicted octanol–water partition coefficient (Wildman–Crippen LogP) is 2.79. The topological polar surface area (TPSA) is 12.4 Å². The summed E-state index contributed by atoms with van der Waals surface area (Å²) in [5.74, 6) is 0. The van der Waals surface area contributed by atoms with Crippen molar-refractivity contribution >= 4 is 6.21 Å². The Labute approximate surface area is 72.5 Å². The van der Waals surface area contributed by atoms with E-state index in [9.17, 15) is 0 Å². The van der Waals surface area contributed by atoms with Crippen LogP contribution in [0.4, 0.5) is 0 Å². The molecule has 2 aliphatic rings. The van der Waals surface area contributed by atoms with Crippen LogP contribution < -0.4 is 0 Å². The number of nitrogens with zero attached hydrogens (tertiary/aromatic N) is 1. The van der Waals surface area contributed by atoms with Crippen molar-refractivity contribution in [3.05, 3.63) is 47.7 Å². The average molecular weight is 157 g/mol. The molecule has 0 aromatic carbocycles. The summed E-state index contributed by atoms with van der Waals surface area (Å²) >= 11 is 0. The minimum atomic E-state index is 0.939. The van der Waals surface area contributed by atoms with Gasteiger partial charge in [0.2, 0.25) is 0 Å². The first kappa shape index (κ1) is 7.29. The Morgan fingerprint density at radius 2 is 1.67 bits per heavy atom. The first-order valence-corrected chi connectivity index (χ1v) is 4.23. The van der Waals surface area contributed by atoms with Gasteiger partial charge in [0.05, 0.1) is 5.70 Å². The van der Waals surface area contributed by atoms with Gasteiger partial charge in [-0.05, 0) is 18.1 Å². The Bertz CT molecular complexity index is 254. The van der Waals surface area contributed by atoms with Crippen LogP contribution in [-0.2, 0) is 0 Å². The van der Waals surface area contributed by atoms with E-state index in [0.717, 1.165) is 18.5 Å². The van der Waals surface area contributed by atoms with Crippen LogP contribution in [0.3, 0.4) is 0 Å². The number of hydrogen-bond acceptors (Lipinski definition) is 1. The Balaban J connectivity index is 2.45. The van der Waals surface area contributed by atoms with E-state index in [0.29, 0.717) is 0 Å². The summed E-state index contributed by atoms with van der Waals surface area (Å²) in [6.07, 6.45) is 16.7. The van der Waals surface area contributed by atoms with Crippen LogP contribution in [0.25, 0.3) is 0 Å². The number of allylic oxidation sites excluding steroid dienone is 7. The summed E-state index contributed by atoms with van der Waals surface area (Å²) in [5.41, 5.74) is 2.30. The predicted molar refractivity (Wildman–Crippen MR) is 52.2 cm³/mol. The molecule has 1 heterocycles. The third kappa shape index (κ3) is 1.45. The van der Waals surface area contributed by atoms with Crippen molar-refractivity contribution in [3.63, 3.8) is 0 Å². The number of aliphatic imine (C=N–C) groups is 1. The van der Waals surface area contributed by atoms with E-state index in [1.54, 1.807) is 0 Å². The zero-order valence-electron chi connectivity index (χ0n) is 6.90. The summed E-state index contributed by atoms with van der Waals surface area (Å²) in [5, 5.41) is 0. The van der Waals surface area contributed by atoms with E-state index in [1.165, 1.54) is 5.57 Å². The van der Waals surface area contributed by atoms with E-state index in [2.05, 4.69) is 41.4 Å². The van der Waals surface area contributed by atoms with Crippen LogP contribution >= 0.6 is 0 Å². The average Bonchev–Trinajstić information content (AvgIpc) is 2.38. The molecule has 2 rings (SSSR count). The SMILES string of the molecule is C1=CC2=C(C=CC1)N=CCC=C2. The standard InChI is InChI=1S/C11H11N/c1-2-6-10-7-4-5-9-12-11(10)8-3-1/h2-4,6-9H,1,5H2. The lowest BCUT2D eigenvalue weighted by Gasteiger charge is -1.94. The van der Waals surface area contributed by atoms with Crippen LogP contribution in [0.5, 0.6) is 0 Å². The van der Waals surface area contributed by atoms with E-state index >= 15 is 0 Å². The molecule has 1 aliphatic heterocycles. The highest BCUT2D eigenvalue weighted by molar-refractivity contribution is 5.65. The summed E-state index contributed by atoms with van der Waals surface area (Å²) < 4.78 is 0. The van der Waals surface area contributed by atoms with Gasteiger partial charge in [-0.3, -0.25) is 4.99 Å². The van der Waals surface area contributed by atoms with Crippen molar-refractivity contribution in [2.75, 3.05) is 0 Å². The Hall–Kier alpha value is -1.37. The van der Waals surface area contributed by atoms with E-state index in [4.69, 9.17) is 0 Å². The fraction of sp³-hybridized carbons (Fsp3) is 0.182. The highest BCUT2D eigenvalue weighted by Crippen LogP contribution is 2.17. The lowest BCUT2D eigenvalue weighted by atomic mass is 10.2. The maximum absolute atomic E-state index is 4.36. The van der Waals surface area contributed by atoms with Crippen LogP contribution in [0, 0.1) is 0 Å². The minimum Gasteiger partial charge on any atom is -0.260 e. The zero-order valence-corrected chi connectivity index (χ0v) is 6.90. The van der Waals surface area contributed by atoms with Gasteiger partial charge in [0.25, 0.3) is 0 Å². The Kier molecular flexibility index (Phi) is 2.04. The second-order valence-corrected chi connectivity index (χ2v) is 2.83. The van der Waals surface area contributed by atoms with Gasteiger partial charge in [-0.25, -0.2) is 0 Å². The molecule has 0 atom stereocenters. The van der Waals surface area contributed by atoms with Crippen LogP contribution in [-0.4, -0.2) is 6.21 Å². The number of hydrogen-bond donors (Lipinski definition) is 0. The van der Waals surface area contributed by atoms with E-state index in [1.807, 2.05) is 6.21 Å². The molecule has 0 bridgehead atoms. The van der Waals surface area contributed by atoms with Gasteiger partial charge in [-0.1, -0.05) is 30.4 Å². The molecule has 60 valence electrons. The molecule has 0 fully saturated rings. The van der Waals surface area contributed by atoms with Crippen molar-refractivity contribution < 1.29 is 0 Å². The van der Waals surface area contributed by atoms with Gasteiger partial charge < -0.3 is 0 Å². The van der Waals surface area contributed by atoms with Gasteiger partial charge in [0.1, 0.15) is 0 Å². The van der Waals surface area contributed by atoms with Crippen molar-refractivity contribution in [1.29, 1.82) is 0 Å². The van der Waals surface area contributed by atoms with Crippen molar-refractivity contribution in [3.8, 4) is 0 Å². The van der Waals surface area contributed by atoms with Gasteiger partial charge >= 0.3 is 0 Å². The second kappa shape index (κ2) is 3.35. The fourth-order valence-electron chi connectivity index (χ4n) is 1.30. The van der Waals surface area contributed by atoms with Crippen LogP contribution in [0.1, 0.15) is 12.8 Å². The summed E-state index contributed by atoms with van der Waals surface area (Å²) in [7, 11) is 0. The van der Waals surface area contributed by atoms with Crippen molar-refractivity contribution in [1.82, 2.24) is 0 Å². The van der Waals surface area contributed by atoms with Crippen molar-refractivity contribution in [2.45, 2.75) is 12.8 Å². The minimum absolute atomic E-state index is 0.939. The molecule has 0 N–H and O–H groups in total. The molecule has 1 heteroatoms. The Morgan fingerprint density at radius 3 is 2.58 bits per heavy atom. The normalized spacial score (nSPS) is 20.7. The molecule has 1 aliphatic carbocycles. The molecule has 0 saturated heterocycles. The lowest BCUT2D eigenvalue weighted by molar-refractivity contribution is 1.36. The molecule has 0 aromatic heterocycles. The second-order valence-electron chi connectivity index (χ2n) is 2.83. The van der Waals surface area contributed by atoms with Gasteiger partial charge in [0, 0.05) is 12.6 Å². The molecule has 0 spiro atoms. The Morgan fingerprint density at radius 1 is 0.917 bits per heavy atom. The third-order valence-corrected chi connectivity index (χ3v) is 1.91. The van der Waals surface area contributed by atoms with Crippen molar-refractivity contribution in [2.24, 2.45) is 4.99 Å². The molecule has 0 saturated carbocycles. The highest BCUT2D eigenvalue weighted by atomic mass is 14.7. The van der Waals surface area contributed by atoms with E-state index < -0.39 is 0 Å². The van der Waals surface area contributed by atoms with E-state index in [-0.39, 0.29) is 0 Å². The summed E-state index contributed by atoms with van der Waals surface area (Å²) in [4.78, 5) is 4.36. The molecule has 0 aromatic rings. The highest BCUT2D eigenvalue weighted by Gasteiger charge is 1.99. The molecule has 0 unspecified atom stereocenters. The van der Waals surface area contributed by atoms with Crippen LogP contribution in [0.2, 0.25) is 0 Å². The van der Waals surface area contributed by atoms with Crippen LogP contribution in [0.15, 0.2) is 52.7 Å². The van der Waals surface area contributed by atoms with Gasteiger partial charge in [-0.2, -0.15) is 0 Å². The van der Waals surface area contributed by atoms with Gasteiger partial charge in [-0.15, -0.1) is 0 Å². The maximum Gasteiger partial charge on any atom is 0.0694 e. The van der Waals surface area contributed by atoms with Gasteiger partial charge in [0.15, 0.2) is 0 Å². The zero-order chi connectivity index (χ0) is 8.23. The third-order valence-electron chi connectivity index (χ3n) is 1.91. The first-order chi connectivity index (χ1) is 5.97. The lowest BCUT2D eigenvalue weighted by Crippen LogP contribution is -1.77. The smallest absolute Gasteiger partial charge is 0.0694 e. The fourth-order valence-corrected chi connectivity index (χ4v) is 1.30. The summed E-state index contributed by atoms with van der Waals surface area (Å²) in [6.45, 7) is 0. The maximum atomic E-state index is 4.36. The summed E-state index contributed by atoms with van der Waals surface area (Å²) in [6, 6.07) is 0. The first-order valence-electron chi connectivity index (χ1n) is 4.23. The number of rotatable bonds is 0. The monoisotopic (exact) mass is 157 g/mol. The largest absolute Gasteiger partial charge is 0.260 e. The molecule has 12 heavy (non-hydrogen) atoms. The molecule has 0 radical (unpaired) electrons. The molecule has 0 amide bonds. The molecular formula is C11H11N. The quantitative estimate of drug-likeness (QED) is 0.512.